The molecule has 162 valence electrons. The number of aromatic hydroxyl groups is 1. The number of methoxy groups -OCH3 is 1. The number of ether oxygens (including phenoxy) is 1. The number of carbonyl (C=O) groups excluding carboxylic acids is 1. The molecule has 1 saturated heterocycles. The van der Waals surface area contributed by atoms with Crippen molar-refractivity contribution in [3.05, 3.63) is 53.6 Å². The summed E-state index contributed by atoms with van der Waals surface area (Å²) in [6.45, 7) is 1.85. The van der Waals surface area contributed by atoms with Crippen LogP contribution >= 0.6 is 0 Å². The molecule has 0 aliphatic carbocycles. The molecule has 4 rings (SSSR count). The van der Waals surface area contributed by atoms with E-state index in [0.29, 0.717) is 32.2 Å². The van der Waals surface area contributed by atoms with Gasteiger partial charge in [-0.1, -0.05) is 11.2 Å². The number of halogens is 3. The van der Waals surface area contributed by atoms with Crippen molar-refractivity contribution >= 4 is 11.6 Å². The van der Waals surface area contributed by atoms with Crippen LogP contribution in [0.25, 0.3) is 11.5 Å². The van der Waals surface area contributed by atoms with Gasteiger partial charge >= 0.3 is 0 Å². The minimum absolute atomic E-state index is 0.353. The molecule has 0 atom stereocenters. The van der Waals surface area contributed by atoms with Gasteiger partial charge in [-0.25, -0.2) is 8.78 Å². The largest absolute Gasteiger partial charge is 0.503 e. The number of rotatable bonds is 4. The van der Waals surface area contributed by atoms with E-state index in [4.69, 9.17) is 9.26 Å². The molecule has 2 heterocycles. The molecule has 1 aliphatic heterocycles. The van der Waals surface area contributed by atoms with Crippen molar-refractivity contribution in [3.8, 4) is 23.0 Å². The SMILES string of the molecule is COc1cccc(N2CCN(C(=O)c3noc(-c4cc(F)c(F)c(O)c4F)n3)CC2)c1. The molecule has 31 heavy (non-hydrogen) atoms. The first-order valence-corrected chi connectivity index (χ1v) is 9.28. The standard InChI is InChI=1S/C20H17F3N4O4/c1-30-12-4-2-3-11(9-12)26-5-7-27(8-6-26)20(29)18-24-19(31-25-18)13-10-14(21)16(23)17(28)15(13)22/h2-4,9-10,28H,5-8H2,1H3. The molecule has 0 spiro atoms. The molecule has 1 fully saturated rings. The summed E-state index contributed by atoms with van der Waals surface area (Å²) in [5, 5.41) is 12.9. The average Bonchev–Trinajstić information content (AvgIpc) is 3.29. The van der Waals surface area contributed by atoms with Crippen molar-refractivity contribution in [2.24, 2.45) is 0 Å². The summed E-state index contributed by atoms with van der Waals surface area (Å²) < 4.78 is 50.9. The monoisotopic (exact) mass is 434 g/mol. The lowest BCUT2D eigenvalue weighted by atomic mass is 10.2. The second-order valence-electron chi connectivity index (χ2n) is 6.79. The molecule has 1 aliphatic rings. The minimum Gasteiger partial charge on any atom is -0.503 e. The Morgan fingerprint density at radius 2 is 1.87 bits per heavy atom. The number of anilines is 1. The van der Waals surface area contributed by atoms with Gasteiger partial charge in [0.1, 0.15) is 5.75 Å². The van der Waals surface area contributed by atoms with Crippen LogP contribution in [0, 0.1) is 17.5 Å². The fourth-order valence-corrected chi connectivity index (χ4v) is 3.28. The average molecular weight is 434 g/mol. The fourth-order valence-electron chi connectivity index (χ4n) is 3.28. The van der Waals surface area contributed by atoms with E-state index < -0.39 is 40.6 Å². The van der Waals surface area contributed by atoms with Crippen molar-refractivity contribution in [1.82, 2.24) is 15.0 Å². The molecule has 1 aromatic heterocycles. The van der Waals surface area contributed by atoms with Crippen molar-refractivity contribution < 1.29 is 32.3 Å². The second kappa shape index (κ2) is 8.17. The zero-order chi connectivity index (χ0) is 22.1. The van der Waals surface area contributed by atoms with Crippen LogP contribution in [0.1, 0.15) is 10.6 Å². The topological polar surface area (TPSA) is 91.9 Å². The number of phenolic OH excluding ortho intramolecular Hbond substituents is 1. The third-order valence-corrected chi connectivity index (χ3v) is 4.97. The van der Waals surface area contributed by atoms with Crippen LogP contribution in [-0.4, -0.2) is 59.3 Å². The minimum atomic E-state index is -1.73. The highest BCUT2D eigenvalue weighted by atomic mass is 19.2. The molecule has 2 aromatic carbocycles. The molecular weight excluding hydrogens is 417 g/mol. The van der Waals surface area contributed by atoms with Gasteiger partial charge in [0.2, 0.25) is 5.82 Å². The number of piperazine rings is 1. The van der Waals surface area contributed by atoms with E-state index in [0.717, 1.165) is 11.4 Å². The van der Waals surface area contributed by atoms with Gasteiger partial charge in [-0.3, -0.25) is 4.79 Å². The lowest BCUT2D eigenvalue weighted by molar-refractivity contribution is 0.0731. The van der Waals surface area contributed by atoms with E-state index in [1.807, 2.05) is 24.3 Å². The smallest absolute Gasteiger partial charge is 0.295 e. The number of hydrogen-bond acceptors (Lipinski definition) is 7. The van der Waals surface area contributed by atoms with E-state index >= 15 is 0 Å². The van der Waals surface area contributed by atoms with E-state index in [-0.39, 0.29) is 5.82 Å². The van der Waals surface area contributed by atoms with E-state index in [1.54, 1.807) is 7.11 Å². The van der Waals surface area contributed by atoms with Crippen LogP contribution in [-0.2, 0) is 0 Å². The molecule has 0 bridgehead atoms. The highest BCUT2D eigenvalue weighted by Gasteiger charge is 2.28. The fraction of sp³-hybridized carbons (Fsp3) is 0.250. The Morgan fingerprint density at radius 1 is 1.13 bits per heavy atom. The van der Waals surface area contributed by atoms with Gasteiger partial charge < -0.3 is 24.2 Å². The van der Waals surface area contributed by atoms with Crippen molar-refractivity contribution in [3.63, 3.8) is 0 Å². The summed E-state index contributed by atoms with van der Waals surface area (Å²) in [6, 6.07) is 8.03. The number of amides is 1. The van der Waals surface area contributed by atoms with Crippen LogP contribution in [0.2, 0.25) is 0 Å². The van der Waals surface area contributed by atoms with Crippen molar-refractivity contribution in [1.29, 1.82) is 0 Å². The molecule has 1 N–H and O–H groups in total. The summed E-state index contributed by atoms with van der Waals surface area (Å²) in [6.07, 6.45) is 0. The summed E-state index contributed by atoms with van der Waals surface area (Å²) in [5.41, 5.74) is 0.313. The molecule has 0 unspecified atom stereocenters. The van der Waals surface area contributed by atoms with Crippen molar-refractivity contribution in [2.75, 3.05) is 38.2 Å². The van der Waals surface area contributed by atoms with Crippen LogP contribution in [0.3, 0.4) is 0 Å². The Hall–Kier alpha value is -3.76. The third kappa shape index (κ3) is 3.86. The lowest BCUT2D eigenvalue weighted by Crippen LogP contribution is -2.49. The van der Waals surface area contributed by atoms with E-state index in [9.17, 15) is 23.1 Å². The summed E-state index contributed by atoms with van der Waals surface area (Å²) >= 11 is 0. The zero-order valence-corrected chi connectivity index (χ0v) is 16.3. The van der Waals surface area contributed by atoms with Gasteiger partial charge in [0.25, 0.3) is 17.6 Å². The predicted molar refractivity (Wildman–Crippen MR) is 102 cm³/mol. The number of carbonyl (C=O) groups is 1. The number of benzene rings is 2. The second-order valence-corrected chi connectivity index (χ2v) is 6.79. The number of aromatic nitrogens is 2. The van der Waals surface area contributed by atoms with Gasteiger partial charge in [-0.05, 0) is 18.2 Å². The molecule has 3 aromatic rings. The Bertz CT molecular complexity index is 1130. The van der Waals surface area contributed by atoms with Gasteiger partial charge in [0.05, 0.1) is 12.7 Å². The summed E-state index contributed by atoms with van der Waals surface area (Å²) in [4.78, 5) is 20.1. The number of hydrogen-bond donors (Lipinski definition) is 1. The van der Waals surface area contributed by atoms with Crippen molar-refractivity contribution in [2.45, 2.75) is 0 Å². The van der Waals surface area contributed by atoms with Crippen LogP contribution < -0.4 is 9.64 Å². The van der Waals surface area contributed by atoms with E-state index in [1.165, 1.54) is 4.90 Å². The Balaban J connectivity index is 1.47. The molecule has 1 amide bonds. The molecule has 0 radical (unpaired) electrons. The Kier molecular flexibility index (Phi) is 5.40. The van der Waals surface area contributed by atoms with Crippen LogP contribution in [0.5, 0.6) is 11.5 Å². The summed E-state index contributed by atoms with van der Waals surface area (Å²) in [5.74, 6) is -6.92. The number of nitrogens with zero attached hydrogens (tertiary/aromatic N) is 4. The zero-order valence-electron chi connectivity index (χ0n) is 16.3. The van der Waals surface area contributed by atoms with Gasteiger partial charge in [0, 0.05) is 37.9 Å². The highest BCUT2D eigenvalue weighted by Crippen LogP contribution is 2.31. The molecule has 8 nitrogen and oxygen atoms in total. The normalized spacial score (nSPS) is 14.1. The van der Waals surface area contributed by atoms with Gasteiger partial charge in [-0.15, -0.1) is 0 Å². The highest BCUT2D eigenvalue weighted by molar-refractivity contribution is 5.91. The lowest BCUT2D eigenvalue weighted by Gasteiger charge is -2.35. The van der Waals surface area contributed by atoms with Gasteiger partial charge in [0.15, 0.2) is 17.4 Å². The van der Waals surface area contributed by atoms with Crippen LogP contribution in [0.4, 0.5) is 18.9 Å². The molecular formula is C20H17F3N4O4. The Labute approximate surface area is 174 Å². The third-order valence-electron chi connectivity index (χ3n) is 4.97. The first kappa shape index (κ1) is 20.5. The summed E-state index contributed by atoms with van der Waals surface area (Å²) in [7, 11) is 1.59. The van der Waals surface area contributed by atoms with Gasteiger partial charge in [-0.2, -0.15) is 9.37 Å². The van der Waals surface area contributed by atoms with E-state index in [2.05, 4.69) is 15.0 Å². The predicted octanol–water partition coefficient (Wildman–Crippen LogP) is 2.83. The first-order chi connectivity index (χ1) is 14.9. The number of phenols is 1. The first-order valence-electron chi connectivity index (χ1n) is 9.28. The quantitative estimate of drug-likeness (QED) is 0.632. The molecule has 0 saturated carbocycles. The van der Waals surface area contributed by atoms with Crippen LogP contribution in [0.15, 0.2) is 34.9 Å². The maximum atomic E-state index is 14.1. The maximum absolute atomic E-state index is 14.1. The maximum Gasteiger partial charge on any atom is 0.295 e. The Morgan fingerprint density at radius 3 is 2.58 bits per heavy atom. The molecule has 11 heteroatoms.